The van der Waals surface area contributed by atoms with Gasteiger partial charge >= 0.3 is 5.97 Å². The van der Waals surface area contributed by atoms with E-state index in [9.17, 15) is 4.79 Å². The second-order valence-corrected chi connectivity index (χ2v) is 4.19. The zero-order valence-electron chi connectivity index (χ0n) is 11.4. The van der Waals surface area contributed by atoms with Crippen molar-refractivity contribution in [3.8, 4) is 0 Å². The molecule has 0 bridgehead atoms. The van der Waals surface area contributed by atoms with Crippen LogP contribution in [-0.2, 0) is 24.4 Å². The van der Waals surface area contributed by atoms with Gasteiger partial charge in [0.2, 0.25) is 0 Å². The number of carbonyl (C=O) groups is 1. The quantitative estimate of drug-likeness (QED) is 0.726. The minimum atomic E-state index is -0.478. The highest BCUT2D eigenvalue weighted by Crippen LogP contribution is 2.08. The number of esters is 1. The van der Waals surface area contributed by atoms with Crippen LogP contribution in [0.1, 0.15) is 29.5 Å². The van der Waals surface area contributed by atoms with E-state index in [4.69, 9.17) is 10.5 Å². The molecular formula is C12H18N6O2. The normalized spacial score (nSPS) is 10.7. The summed E-state index contributed by atoms with van der Waals surface area (Å²) in [7, 11) is 0. The smallest absolute Gasteiger partial charge is 0.360 e. The highest BCUT2D eigenvalue weighted by Gasteiger charge is 2.19. The minimum Gasteiger partial charge on any atom is -0.461 e. The van der Waals surface area contributed by atoms with Gasteiger partial charge in [-0.15, -0.1) is 5.10 Å². The van der Waals surface area contributed by atoms with Gasteiger partial charge in [-0.1, -0.05) is 5.21 Å². The maximum absolute atomic E-state index is 11.7. The number of imidazole rings is 1. The van der Waals surface area contributed by atoms with Crippen LogP contribution in [0.3, 0.4) is 0 Å². The van der Waals surface area contributed by atoms with Crippen LogP contribution in [0.2, 0.25) is 0 Å². The minimum absolute atomic E-state index is 0.201. The third-order valence-electron chi connectivity index (χ3n) is 2.85. The average Bonchev–Trinajstić information content (AvgIpc) is 3.08. The largest absolute Gasteiger partial charge is 0.461 e. The standard InChI is InChI=1S/C12H18N6O2/c1-2-20-12(19)11-10(8-13)18(16-15-11)6-3-5-17-7-4-14-9-17/h4,7,9H,2-3,5-6,8,13H2,1H3. The summed E-state index contributed by atoms with van der Waals surface area (Å²) >= 11 is 0. The third kappa shape index (κ3) is 3.21. The molecular weight excluding hydrogens is 260 g/mol. The summed E-state index contributed by atoms with van der Waals surface area (Å²) in [6.45, 7) is 3.70. The van der Waals surface area contributed by atoms with Crippen molar-refractivity contribution in [1.82, 2.24) is 24.5 Å². The Morgan fingerprint density at radius 2 is 2.30 bits per heavy atom. The number of nitrogens with two attached hydrogens (primary N) is 1. The molecule has 2 heterocycles. The van der Waals surface area contributed by atoms with Crippen molar-refractivity contribution in [2.24, 2.45) is 5.73 Å². The lowest BCUT2D eigenvalue weighted by atomic mass is 10.3. The topological polar surface area (TPSA) is 101 Å². The molecule has 0 amide bonds. The first-order valence-corrected chi connectivity index (χ1v) is 6.51. The van der Waals surface area contributed by atoms with Crippen molar-refractivity contribution in [3.05, 3.63) is 30.1 Å². The Bertz CT molecular complexity index is 548. The Balaban J connectivity index is 1.99. The van der Waals surface area contributed by atoms with Gasteiger partial charge in [-0.2, -0.15) is 0 Å². The molecule has 0 unspecified atom stereocenters. The van der Waals surface area contributed by atoms with Crippen molar-refractivity contribution in [2.75, 3.05) is 6.61 Å². The van der Waals surface area contributed by atoms with Crippen LogP contribution in [0.25, 0.3) is 0 Å². The molecule has 2 N–H and O–H groups in total. The van der Waals surface area contributed by atoms with Gasteiger partial charge in [0.1, 0.15) is 0 Å². The van der Waals surface area contributed by atoms with Crippen LogP contribution in [0.5, 0.6) is 0 Å². The molecule has 20 heavy (non-hydrogen) atoms. The number of aryl methyl sites for hydroxylation is 2. The van der Waals surface area contributed by atoms with E-state index >= 15 is 0 Å². The van der Waals surface area contributed by atoms with Crippen molar-refractivity contribution in [2.45, 2.75) is 33.0 Å². The van der Waals surface area contributed by atoms with Gasteiger partial charge in [-0.3, -0.25) is 0 Å². The molecule has 8 nitrogen and oxygen atoms in total. The molecule has 108 valence electrons. The number of rotatable bonds is 7. The van der Waals surface area contributed by atoms with Gasteiger partial charge in [0.05, 0.1) is 18.6 Å². The molecule has 0 saturated heterocycles. The van der Waals surface area contributed by atoms with Crippen LogP contribution >= 0.6 is 0 Å². The van der Waals surface area contributed by atoms with E-state index in [1.54, 1.807) is 24.1 Å². The van der Waals surface area contributed by atoms with Gasteiger partial charge in [0.25, 0.3) is 0 Å². The molecule has 0 aliphatic heterocycles. The average molecular weight is 278 g/mol. The van der Waals surface area contributed by atoms with E-state index in [-0.39, 0.29) is 12.2 Å². The third-order valence-corrected chi connectivity index (χ3v) is 2.85. The lowest BCUT2D eigenvalue weighted by molar-refractivity contribution is 0.0518. The van der Waals surface area contributed by atoms with Crippen LogP contribution in [0.15, 0.2) is 18.7 Å². The fourth-order valence-corrected chi connectivity index (χ4v) is 1.89. The van der Waals surface area contributed by atoms with E-state index in [1.165, 1.54) is 0 Å². The van der Waals surface area contributed by atoms with Crippen LogP contribution < -0.4 is 5.73 Å². The van der Waals surface area contributed by atoms with E-state index in [0.717, 1.165) is 13.0 Å². The lowest BCUT2D eigenvalue weighted by Gasteiger charge is -2.06. The van der Waals surface area contributed by atoms with Crippen molar-refractivity contribution in [3.63, 3.8) is 0 Å². The summed E-state index contributed by atoms with van der Waals surface area (Å²) in [5.74, 6) is -0.478. The second kappa shape index (κ2) is 6.80. The highest BCUT2D eigenvalue weighted by molar-refractivity contribution is 5.88. The number of ether oxygens (including phenoxy) is 1. The molecule has 8 heteroatoms. The monoisotopic (exact) mass is 278 g/mol. The number of aromatic nitrogens is 5. The molecule has 0 atom stereocenters. The number of hydrogen-bond acceptors (Lipinski definition) is 6. The Morgan fingerprint density at radius 1 is 1.45 bits per heavy atom. The maximum Gasteiger partial charge on any atom is 0.360 e. The first-order valence-electron chi connectivity index (χ1n) is 6.51. The van der Waals surface area contributed by atoms with E-state index in [0.29, 0.717) is 18.8 Å². The van der Waals surface area contributed by atoms with Crippen molar-refractivity contribution >= 4 is 5.97 Å². The van der Waals surface area contributed by atoms with E-state index in [2.05, 4.69) is 15.3 Å². The summed E-state index contributed by atoms with van der Waals surface area (Å²) in [6, 6.07) is 0. The van der Waals surface area contributed by atoms with Crippen LogP contribution in [0, 0.1) is 0 Å². The fraction of sp³-hybridized carbons (Fsp3) is 0.500. The maximum atomic E-state index is 11.7. The highest BCUT2D eigenvalue weighted by atomic mass is 16.5. The van der Waals surface area contributed by atoms with E-state index < -0.39 is 5.97 Å². The second-order valence-electron chi connectivity index (χ2n) is 4.19. The van der Waals surface area contributed by atoms with Gasteiger partial charge < -0.3 is 15.0 Å². The Labute approximate surface area is 116 Å². The Hall–Kier alpha value is -2.22. The van der Waals surface area contributed by atoms with Crippen molar-refractivity contribution < 1.29 is 9.53 Å². The molecule has 0 fully saturated rings. The Kier molecular flexibility index (Phi) is 4.83. The molecule has 0 saturated carbocycles. The summed E-state index contributed by atoms with van der Waals surface area (Å²) in [4.78, 5) is 15.7. The van der Waals surface area contributed by atoms with Crippen LogP contribution in [0.4, 0.5) is 0 Å². The molecule has 0 aromatic carbocycles. The Morgan fingerprint density at radius 3 is 2.95 bits per heavy atom. The predicted molar refractivity (Wildman–Crippen MR) is 70.7 cm³/mol. The predicted octanol–water partition coefficient (Wildman–Crippen LogP) is 0.200. The molecule has 0 aliphatic carbocycles. The molecule has 0 radical (unpaired) electrons. The first-order chi connectivity index (χ1) is 9.76. The molecule has 2 aromatic rings. The molecule has 0 spiro atoms. The first kappa shape index (κ1) is 14.2. The molecule has 2 rings (SSSR count). The zero-order valence-corrected chi connectivity index (χ0v) is 11.4. The van der Waals surface area contributed by atoms with Gasteiger partial charge in [-0.25, -0.2) is 14.5 Å². The molecule has 0 aliphatic rings. The van der Waals surface area contributed by atoms with Gasteiger partial charge in [0.15, 0.2) is 5.69 Å². The van der Waals surface area contributed by atoms with Crippen molar-refractivity contribution in [1.29, 1.82) is 0 Å². The number of carbonyl (C=O) groups excluding carboxylic acids is 1. The SMILES string of the molecule is CCOC(=O)c1nnn(CCCn2ccnc2)c1CN. The summed E-state index contributed by atoms with van der Waals surface area (Å²) in [5, 5.41) is 7.83. The van der Waals surface area contributed by atoms with Gasteiger partial charge in [0, 0.05) is 32.0 Å². The lowest BCUT2D eigenvalue weighted by Crippen LogP contribution is -2.15. The summed E-state index contributed by atoms with van der Waals surface area (Å²) < 4.78 is 8.56. The zero-order chi connectivity index (χ0) is 14.4. The summed E-state index contributed by atoms with van der Waals surface area (Å²) in [5.41, 5.74) is 6.48. The van der Waals surface area contributed by atoms with Gasteiger partial charge in [-0.05, 0) is 13.3 Å². The molecule has 2 aromatic heterocycles. The fourth-order valence-electron chi connectivity index (χ4n) is 1.89. The number of hydrogen-bond donors (Lipinski definition) is 1. The van der Waals surface area contributed by atoms with Crippen LogP contribution in [-0.4, -0.2) is 37.1 Å². The number of nitrogens with zero attached hydrogens (tertiary/aromatic N) is 5. The van der Waals surface area contributed by atoms with E-state index in [1.807, 2.05) is 10.8 Å². The summed E-state index contributed by atoms with van der Waals surface area (Å²) in [6.07, 6.45) is 6.24.